The van der Waals surface area contributed by atoms with Crippen LogP contribution >= 0.6 is 0 Å². The minimum Gasteiger partial charge on any atom is -0.480 e. The molecule has 0 unspecified atom stereocenters. The molecular formula is C17H26N2O2. The van der Waals surface area contributed by atoms with Crippen LogP contribution in [0.3, 0.4) is 0 Å². The Bertz CT molecular complexity index is 448. The second kappa shape index (κ2) is 7.57. The molecule has 21 heavy (non-hydrogen) atoms. The SMILES string of the molecule is CC(C)Cc1ccc(CN2CCN(CC(=O)O)CC2)cc1. The fourth-order valence-electron chi connectivity index (χ4n) is 2.81. The van der Waals surface area contributed by atoms with Crippen LogP contribution in [0, 0.1) is 5.92 Å². The van der Waals surface area contributed by atoms with Gasteiger partial charge in [-0.3, -0.25) is 14.6 Å². The molecule has 1 N–H and O–H groups in total. The molecule has 4 heteroatoms. The first-order chi connectivity index (χ1) is 10.0. The van der Waals surface area contributed by atoms with Crippen LogP contribution in [0.5, 0.6) is 0 Å². The first-order valence-electron chi connectivity index (χ1n) is 7.77. The van der Waals surface area contributed by atoms with Crippen molar-refractivity contribution in [2.45, 2.75) is 26.8 Å². The van der Waals surface area contributed by atoms with Crippen LogP contribution in [-0.4, -0.2) is 53.6 Å². The highest BCUT2D eigenvalue weighted by Gasteiger charge is 2.18. The summed E-state index contributed by atoms with van der Waals surface area (Å²) in [5, 5.41) is 8.80. The Kier molecular flexibility index (Phi) is 5.76. The number of piperazine rings is 1. The largest absolute Gasteiger partial charge is 0.480 e. The van der Waals surface area contributed by atoms with E-state index in [9.17, 15) is 4.79 Å². The number of rotatable bonds is 6. The van der Waals surface area contributed by atoms with Gasteiger partial charge in [0.2, 0.25) is 0 Å². The van der Waals surface area contributed by atoms with Crippen molar-refractivity contribution in [1.82, 2.24) is 9.80 Å². The van der Waals surface area contributed by atoms with Crippen LogP contribution in [0.15, 0.2) is 24.3 Å². The van der Waals surface area contributed by atoms with E-state index in [-0.39, 0.29) is 6.54 Å². The average Bonchev–Trinajstić information content (AvgIpc) is 2.42. The van der Waals surface area contributed by atoms with Crippen molar-refractivity contribution in [3.8, 4) is 0 Å². The summed E-state index contributed by atoms with van der Waals surface area (Å²) < 4.78 is 0. The predicted molar refractivity (Wildman–Crippen MR) is 84.3 cm³/mol. The molecule has 0 amide bonds. The molecular weight excluding hydrogens is 264 g/mol. The van der Waals surface area contributed by atoms with Crippen LogP contribution in [0.4, 0.5) is 0 Å². The molecule has 0 radical (unpaired) electrons. The second-order valence-electron chi connectivity index (χ2n) is 6.36. The lowest BCUT2D eigenvalue weighted by Crippen LogP contribution is -2.47. The quantitative estimate of drug-likeness (QED) is 0.871. The molecule has 1 heterocycles. The molecule has 0 atom stereocenters. The summed E-state index contributed by atoms with van der Waals surface area (Å²) >= 11 is 0. The number of hydrogen-bond acceptors (Lipinski definition) is 3. The summed E-state index contributed by atoms with van der Waals surface area (Å²) in [6.45, 7) is 9.19. The highest BCUT2D eigenvalue weighted by molar-refractivity contribution is 5.69. The van der Waals surface area contributed by atoms with Gasteiger partial charge in [-0.15, -0.1) is 0 Å². The van der Waals surface area contributed by atoms with Crippen molar-refractivity contribution >= 4 is 5.97 Å². The van der Waals surface area contributed by atoms with Crippen molar-refractivity contribution in [3.05, 3.63) is 35.4 Å². The van der Waals surface area contributed by atoms with Gasteiger partial charge in [-0.25, -0.2) is 0 Å². The fourth-order valence-corrected chi connectivity index (χ4v) is 2.81. The van der Waals surface area contributed by atoms with Crippen molar-refractivity contribution in [2.24, 2.45) is 5.92 Å². The van der Waals surface area contributed by atoms with Gasteiger partial charge in [0.1, 0.15) is 0 Å². The van der Waals surface area contributed by atoms with Gasteiger partial charge in [-0.05, 0) is 23.5 Å². The van der Waals surface area contributed by atoms with Crippen LogP contribution in [0.1, 0.15) is 25.0 Å². The highest BCUT2D eigenvalue weighted by atomic mass is 16.4. The summed E-state index contributed by atoms with van der Waals surface area (Å²) in [5.74, 6) is -0.0395. The maximum absolute atomic E-state index is 10.7. The van der Waals surface area contributed by atoms with Gasteiger partial charge in [0, 0.05) is 32.7 Å². The van der Waals surface area contributed by atoms with Gasteiger partial charge in [0.05, 0.1) is 6.54 Å². The monoisotopic (exact) mass is 290 g/mol. The maximum Gasteiger partial charge on any atom is 0.317 e. The van der Waals surface area contributed by atoms with E-state index in [0.29, 0.717) is 5.92 Å². The molecule has 0 bridgehead atoms. The zero-order valence-corrected chi connectivity index (χ0v) is 13.1. The number of carboxylic acid groups (broad SMARTS) is 1. The van der Waals surface area contributed by atoms with Gasteiger partial charge >= 0.3 is 5.97 Å². The van der Waals surface area contributed by atoms with E-state index in [2.05, 4.69) is 43.0 Å². The molecule has 0 aromatic heterocycles. The third-order valence-electron chi connectivity index (χ3n) is 3.90. The van der Waals surface area contributed by atoms with E-state index in [4.69, 9.17) is 5.11 Å². The molecule has 4 nitrogen and oxygen atoms in total. The third kappa shape index (κ3) is 5.48. The topological polar surface area (TPSA) is 43.8 Å². The molecule has 1 aliphatic heterocycles. The summed E-state index contributed by atoms with van der Waals surface area (Å²) in [6.07, 6.45) is 1.13. The molecule has 2 rings (SSSR count). The lowest BCUT2D eigenvalue weighted by Gasteiger charge is -2.33. The van der Waals surface area contributed by atoms with Crippen LogP contribution in [0.2, 0.25) is 0 Å². The zero-order chi connectivity index (χ0) is 15.2. The van der Waals surface area contributed by atoms with Crippen molar-refractivity contribution in [2.75, 3.05) is 32.7 Å². The molecule has 1 fully saturated rings. The second-order valence-corrected chi connectivity index (χ2v) is 6.36. The van der Waals surface area contributed by atoms with Gasteiger partial charge in [0.15, 0.2) is 0 Å². The molecule has 1 aromatic rings. The molecule has 1 aliphatic rings. The first kappa shape index (κ1) is 16.0. The smallest absolute Gasteiger partial charge is 0.317 e. The predicted octanol–water partition coefficient (Wildman–Crippen LogP) is 2.09. The van der Waals surface area contributed by atoms with E-state index in [1.165, 1.54) is 11.1 Å². The molecule has 0 saturated carbocycles. The highest BCUT2D eigenvalue weighted by Crippen LogP contribution is 2.12. The van der Waals surface area contributed by atoms with E-state index >= 15 is 0 Å². The van der Waals surface area contributed by atoms with Crippen LogP contribution in [-0.2, 0) is 17.8 Å². The van der Waals surface area contributed by atoms with E-state index < -0.39 is 5.97 Å². The molecule has 0 aliphatic carbocycles. The number of aliphatic carboxylic acids is 1. The average molecular weight is 290 g/mol. The molecule has 0 spiro atoms. The van der Waals surface area contributed by atoms with Crippen molar-refractivity contribution in [1.29, 1.82) is 0 Å². The Balaban J connectivity index is 1.79. The maximum atomic E-state index is 10.7. The normalized spacial score (nSPS) is 17.3. The van der Waals surface area contributed by atoms with Crippen molar-refractivity contribution < 1.29 is 9.90 Å². The first-order valence-corrected chi connectivity index (χ1v) is 7.77. The van der Waals surface area contributed by atoms with E-state index in [1.54, 1.807) is 0 Å². The Morgan fingerprint density at radius 2 is 1.57 bits per heavy atom. The Morgan fingerprint density at radius 1 is 1.05 bits per heavy atom. The zero-order valence-electron chi connectivity index (χ0n) is 13.1. The molecule has 1 aromatic carbocycles. The van der Waals surface area contributed by atoms with Gasteiger partial charge < -0.3 is 5.11 Å². The number of benzene rings is 1. The number of carboxylic acids is 1. The number of hydrogen-bond donors (Lipinski definition) is 1. The molecule has 116 valence electrons. The molecule has 1 saturated heterocycles. The lowest BCUT2D eigenvalue weighted by atomic mass is 10.0. The summed E-state index contributed by atoms with van der Waals surface area (Å²) in [5.41, 5.74) is 2.74. The van der Waals surface area contributed by atoms with Gasteiger partial charge in [-0.1, -0.05) is 38.1 Å². The van der Waals surface area contributed by atoms with Gasteiger partial charge in [0.25, 0.3) is 0 Å². The van der Waals surface area contributed by atoms with Gasteiger partial charge in [-0.2, -0.15) is 0 Å². The standard InChI is InChI=1S/C17H26N2O2/c1-14(2)11-15-3-5-16(6-4-15)12-18-7-9-19(10-8-18)13-17(20)21/h3-6,14H,7-13H2,1-2H3,(H,20,21). The van der Waals surface area contributed by atoms with E-state index in [1.807, 2.05) is 4.90 Å². The van der Waals surface area contributed by atoms with Crippen LogP contribution in [0.25, 0.3) is 0 Å². The minimum absolute atomic E-state index is 0.164. The van der Waals surface area contributed by atoms with Crippen LogP contribution < -0.4 is 0 Å². The summed E-state index contributed by atoms with van der Waals surface area (Å²) in [6, 6.07) is 8.91. The third-order valence-corrected chi connectivity index (χ3v) is 3.90. The Hall–Kier alpha value is -1.39. The minimum atomic E-state index is -0.732. The summed E-state index contributed by atoms with van der Waals surface area (Å²) in [4.78, 5) is 15.1. The number of carbonyl (C=O) groups is 1. The Labute approximate surface area is 127 Å². The Morgan fingerprint density at radius 3 is 2.10 bits per heavy atom. The van der Waals surface area contributed by atoms with E-state index in [0.717, 1.165) is 39.1 Å². The van der Waals surface area contributed by atoms with Crippen molar-refractivity contribution in [3.63, 3.8) is 0 Å². The lowest BCUT2D eigenvalue weighted by molar-refractivity contribution is -0.138. The number of nitrogens with zero attached hydrogens (tertiary/aromatic N) is 2. The fraction of sp³-hybridized carbons (Fsp3) is 0.588. The summed E-state index contributed by atoms with van der Waals surface area (Å²) in [7, 11) is 0.